The van der Waals surface area contributed by atoms with E-state index < -0.39 is 17.7 Å². The lowest BCUT2D eigenvalue weighted by atomic mass is 10.2. The zero-order valence-electron chi connectivity index (χ0n) is 14.9. The van der Waals surface area contributed by atoms with E-state index in [2.05, 4.69) is 5.32 Å². The van der Waals surface area contributed by atoms with E-state index in [0.29, 0.717) is 13.1 Å². The molecule has 134 valence electrons. The number of ether oxygens (including phenoxy) is 2. The molecule has 0 saturated carbocycles. The van der Waals surface area contributed by atoms with Gasteiger partial charge in [-0.3, -0.25) is 9.59 Å². The van der Waals surface area contributed by atoms with Crippen LogP contribution in [0.2, 0.25) is 0 Å². The van der Waals surface area contributed by atoms with Crippen LogP contribution in [-0.2, 0) is 19.1 Å². The lowest BCUT2D eigenvalue weighted by Gasteiger charge is -2.21. The van der Waals surface area contributed by atoms with E-state index in [-0.39, 0.29) is 25.5 Å². The minimum absolute atomic E-state index is 0.00587. The van der Waals surface area contributed by atoms with E-state index >= 15 is 0 Å². The first-order chi connectivity index (χ1) is 10.7. The molecule has 0 spiro atoms. The number of alkyl carbamates (subject to hydrolysis) is 1. The molecular formula is C16H30N2O5. The Kier molecular flexibility index (Phi) is 10.0. The Morgan fingerprint density at radius 1 is 1.04 bits per heavy atom. The van der Waals surface area contributed by atoms with E-state index in [1.165, 1.54) is 0 Å². The van der Waals surface area contributed by atoms with Crippen LogP contribution in [0, 0.1) is 0 Å². The highest BCUT2D eigenvalue weighted by Crippen LogP contribution is 2.06. The number of carbonyl (C=O) groups is 3. The third kappa shape index (κ3) is 11.4. The molecular weight excluding hydrogens is 300 g/mol. The molecule has 0 unspecified atom stereocenters. The number of hydrogen-bond acceptors (Lipinski definition) is 5. The van der Waals surface area contributed by atoms with Gasteiger partial charge in [0.2, 0.25) is 0 Å². The second-order valence-electron chi connectivity index (χ2n) is 6.22. The molecule has 1 N–H and O–H groups in total. The fourth-order valence-corrected chi connectivity index (χ4v) is 1.79. The summed E-state index contributed by atoms with van der Waals surface area (Å²) < 4.78 is 9.98. The molecule has 7 nitrogen and oxygen atoms in total. The Hall–Kier alpha value is -1.79. The average Bonchev–Trinajstić information content (AvgIpc) is 2.42. The van der Waals surface area contributed by atoms with Crippen molar-refractivity contribution in [2.24, 2.45) is 0 Å². The van der Waals surface area contributed by atoms with E-state index in [0.717, 1.165) is 12.8 Å². The van der Waals surface area contributed by atoms with Gasteiger partial charge in [-0.25, -0.2) is 4.79 Å². The van der Waals surface area contributed by atoms with Gasteiger partial charge < -0.3 is 19.7 Å². The van der Waals surface area contributed by atoms with Crippen LogP contribution < -0.4 is 5.32 Å². The Bertz CT molecular complexity index is 384. The molecule has 0 atom stereocenters. The number of hydrogen-bond donors (Lipinski definition) is 1. The number of esters is 1. The minimum atomic E-state index is -0.585. The van der Waals surface area contributed by atoms with Crippen LogP contribution >= 0.6 is 0 Å². The van der Waals surface area contributed by atoms with Gasteiger partial charge in [-0.05, 0) is 33.6 Å². The molecule has 0 saturated heterocycles. The Balaban J connectivity index is 3.98. The molecule has 0 aliphatic rings. The Morgan fingerprint density at radius 2 is 1.61 bits per heavy atom. The van der Waals surface area contributed by atoms with Crippen LogP contribution in [0.25, 0.3) is 0 Å². The topological polar surface area (TPSA) is 84.9 Å². The van der Waals surface area contributed by atoms with Crippen LogP contribution in [0.3, 0.4) is 0 Å². The van der Waals surface area contributed by atoms with Crippen molar-refractivity contribution in [2.45, 2.75) is 59.5 Å². The van der Waals surface area contributed by atoms with Gasteiger partial charge in [0.25, 0.3) is 5.91 Å². The Labute approximate surface area is 138 Å². The summed E-state index contributed by atoms with van der Waals surface area (Å²) in [5.41, 5.74) is -0.584. The van der Waals surface area contributed by atoms with Gasteiger partial charge in [0.05, 0.1) is 6.42 Å². The van der Waals surface area contributed by atoms with Crippen LogP contribution in [0.15, 0.2) is 0 Å². The van der Waals surface area contributed by atoms with E-state index in [4.69, 9.17) is 9.47 Å². The molecule has 0 aliphatic carbocycles. The monoisotopic (exact) mass is 330 g/mol. The smallest absolute Gasteiger partial charge is 0.407 e. The minimum Gasteiger partial charge on any atom is -0.456 e. The highest BCUT2D eigenvalue weighted by molar-refractivity contribution is 5.80. The maximum Gasteiger partial charge on any atom is 0.407 e. The van der Waals surface area contributed by atoms with Crippen molar-refractivity contribution in [3.05, 3.63) is 0 Å². The Morgan fingerprint density at radius 3 is 2.09 bits per heavy atom. The largest absolute Gasteiger partial charge is 0.456 e. The van der Waals surface area contributed by atoms with Crippen LogP contribution in [-0.4, -0.2) is 54.7 Å². The SMILES string of the molecule is CCCN(CCC)C(=O)COC(=O)CCNC(=O)OC(C)(C)C. The van der Waals surface area contributed by atoms with Crippen LogP contribution in [0.4, 0.5) is 4.79 Å². The van der Waals surface area contributed by atoms with E-state index in [1.807, 2.05) is 13.8 Å². The van der Waals surface area contributed by atoms with Gasteiger partial charge >= 0.3 is 12.1 Å². The quantitative estimate of drug-likeness (QED) is 0.654. The summed E-state index contributed by atoms with van der Waals surface area (Å²) in [7, 11) is 0. The highest BCUT2D eigenvalue weighted by Gasteiger charge is 2.17. The molecule has 0 fully saturated rings. The molecule has 2 amide bonds. The van der Waals surface area contributed by atoms with Crippen molar-refractivity contribution in [1.29, 1.82) is 0 Å². The lowest BCUT2D eigenvalue weighted by molar-refractivity contribution is -0.152. The molecule has 0 radical (unpaired) electrons. The molecule has 0 aromatic heterocycles. The van der Waals surface area contributed by atoms with Gasteiger partial charge in [0.15, 0.2) is 6.61 Å². The van der Waals surface area contributed by atoms with Crippen LogP contribution in [0.1, 0.15) is 53.9 Å². The summed E-state index contributed by atoms with van der Waals surface area (Å²) in [5.74, 6) is -0.718. The molecule has 23 heavy (non-hydrogen) atoms. The van der Waals surface area contributed by atoms with Crippen LogP contribution in [0.5, 0.6) is 0 Å². The third-order valence-electron chi connectivity index (χ3n) is 2.69. The first-order valence-corrected chi connectivity index (χ1v) is 8.09. The molecule has 0 rings (SSSR count). The standard InChI is InChI=1S/C16H30N2O5/c1-6-10-18(11-7-2)13(19)12-22-14(20)8-9-17-15(21)23-16(3,4)5/h6-12H2,1-5H3,(H,17,21). The van der Waals surface area contributed by atoms with Gasteiger partial charge in [0, 0.05) is 19.6 Å². The van der Waals surface area contributed by atoms with Gasteiger partial charge in [-0.2, -0.15) is 0 Å². The second-order valence-corrected chi connectivity index (χ2v) is 6.22. The van der Waals surface area contributed by atoms with Gasteiger partial charge in [-0.15, -0.1) is 0 Å². The maximum atomic E-state index is 11.9. The van der Waals surface area contributed by atoms with Crippen molar-refractivity contribution in [2.75, 3.05) is 26.2 Å². The number of rotatable bonds is 9. The predicted molar refractivity (Wildman–Crippen MR) is 87.0 cm³/mol. The van der Waals surface area contributed by atoms with Crippen molar-refractivity contribution in [3.63, 3.8) is 0 Å². The highest BCUT2D eigenvalue weighted by atomic mass is 16.6. The van der Waals surface area contributed by atoms with Gasteiger partial charge in [0.1, 0.15) is 5.60 Å². The number of amides is 2. The molecule has 7 heteroatoms. The van der Waals surface area contributed by atoms with Gasteiger partial charge in [-0.1, -0.05) is 13.8 Å². The van der Waals surface area contributed by atoms with Crippen molar-refractivity contribution in [1.82, 2.24) is 10.2 Å². The zero-order valence-corrected chi connectivity index (χ0v) is 14.9. The summed E-state index contributed by atoms with van der Waals surface area (Å²) in [6.07, 6.45) is 1.13. The first kappa shape index (κ1) is 21.2. The molecule has 0 heterocycles. The maximum absolute atomic E-state index is 11.9. The van der Waals surface area contributed by atoms with Crippen molar-refractivity contribution in [3.8, 4) is 0 Å². The number of nitrogens with zero attached hydrogens (tertiary/aromatic N) is 1. The summed E-state index contributed by atoms with van der Waals surface area (Å²) in [6, 6.07) is 0. The van der Waals surface area contributed by atoms with Crippen molar-refractivity contribution < 1.29 is 23.9 Å². The summed E-state index contributed by atoms with van der Waals surface area (Å²) >= 11 is 0. The fourth-order valence-electron chi connectivity index (χ4n) is 1.79. The molecule has 0 aromatic carbocycles. The van der Waals surface area contributed by atoms with E-state index in [9.17, 15) is 14.4 Å². The average molecular weight is 330 g/mol. The second kappa shape index (κ2) is 10.9. The fraction of sp³-hybridized carbons (Fsp3) is 0.812. The first-order valence-electron chi connectivity index (χ1n) is 8.09. The molecule has 0 aliphatic heterocycles. The van der Waals surface area contributed by atoms with Crippen molar-refractivity contribution >= 4 is 18.0 Å². The van der Waals surface area contributed by atoms with E-state index in [1.54, 1.807) is 25.7 Å². The number of carbonyl (C=O) groups excluding carboxylic acids is 3. The summed E-state index contributed by atoms with van der Waals surface area (Å²) in [5, 5.41) is 2.46. The zero-order chi connectivity index (χ0) is 17.9. The summed E-state index contributed by atoms with van der Waals surface area (Å²) in [6.45, 7) is 10.4. The summed E-state index contributed by atoms with van der Waals surface area (Å²) in [4.78, 5) is 36.6. The normalized spacial score (nSPS) is 10.8. The molecule has 0 aromatic rings. The number of nitrogens with one attached hydrogen (secondary N) is 1. The third-order valence-corrected chi connectivity index (χ3v) is 2.69. The lowest BCUT2D eigenvalue weighted by Crippen LogP contribution is -2.36. The predicted octanol–water partition coefficient (Wildman–Crippen LogP) is 2.09. The molecule has 0 bridgehead atoms.